The van der Waals surface area contributed by atoms with Crippen LogP contribution in [-0.2, 0) is 4.74 Å². The summed E-state index contributed by atoms with van der Waals surface area (Å²) in [4.78, 5) is 4.36. The minimum atomic E-state index is 0.373. The summed E-state index contributed by atoms with van der Waals surface area (Å²) in [6.45, 7) is 5.26. The average Bonchev–Trinajstić information content (AvgIpc) is 3.13. The summed E-state index contributed by atoms with van der Waals surface area (Å²) >= 11 is 0. The Morgan fingerprint density at radius 2 is 2.27 bits per heavy atom. The van der Waals surface area contributed by atoms with Crippen molar-refractivity contribution in [3.8, 4) is 0 Å². The molecule has 4 nitrogen and oxygen atoms in total. The molecule has 4 atom stereocenters. The van der Waals surface area contributed by atoms with Crippen molar-refractivity contribution in [2.24, 2.45) is 4.99 Å². The molecule has 2 fully saturated rings. The largest absolute Gasteiger partial charge is 0.373 e. The number of benzene rings is 1. The van der Waals surface area contributed by atoms with Gasteiger partial charge in [-0.3, -0.25) is 4.99 Å². The van der Waals surface area contributed by atoms with Crippen molar-refractivity contribution >= 4 is 5.96 Å². The Balaban J connectivity index is 1.51. The molecule has 0 saturated carbocycles. The Morgan fingerprint density at radius 3 is 2.91 bits per heavy atom. The van der Waals surface area contributed by atoms with E-state index in [4.69, 9.17) is 4.74 Å². The highest BCUT2D eigenvalue weighted by Crippen LogP contribution is 2.34. The van der Waals surface area contributed by atoms with E-state index >= 15 is 0 Å². The van der Waals surface area contributed by atoms with Crippen LogP contribution in [0.25, 0.3) is 0 Å². The lowest BCUT2D eigenvalue weighted by molar-refractivity contribution is 0.0992. The monoisotopic (exact) mass is 301 g/mol. The molecular formula is C18H27N3O. The van der Waals surface area contributed by atoms with Crippen LogP contribution in [0.4, 0.5) is 0 Å². The summed E-state index contributed by atoms with van der Waals surface area (Å²) in [5, 5.41) is 6.99. The zero-order chi connectivity index (χ0) is 15.5. The van der Waals surface area contributed by atoms with Gasteiger partial charge in [0, 0.05) is 13.6 Å². The number of guanidine groups is 1. The second-order valence-electron chi connectivity index (χ2n) is 6.63. The smallest absolute Gasteiger partial charge is 0.191 e. The molecule has 2 heterocycles. The second kappa shape index (κ2) is 6.69. The van der Waals surface area contributed by atoms with Gasteiger partial charge in [0.15, 0.2) is 5.96 Å². The summed E-state index contributed by atoms with van der Waals surface area (Å²) in [6.07, 6.45) is 4.35. The van der Waals surface area contributed by atoms with Crippen molar-refractivity contribution in [3.63, 3.8) is 0 Å². The third-order valence-corrected chi connectivity index (χ3v) is 4.84. The van der Waals surface area contributed by atoms with E-state index in [-0.39, 0.29) is 0 Å². The Hall–Kier alpha value is -1.55. The fraction of sp³-hybridized carbons (Fsp3) is 0.611. The zero-order valence-corrected chi connectivity index (χ0v) is 13.8. The number of fused-ring (bicyclic) bond motifs is 2. The summed E-state index contributed by atoms with van der Waals surface area (Å²) in [6, 6.07) is 9.13. The van der Waals surface area contributed by atoms with Gasteiger partial charge < -0.3 is 15.4 Å². The topological polar surface area (TPSA) is 45.7 Å². The Labute approximate surface area is 133 Å². The molecule has 120 valence electrons. The van der Waals surface area contributed by atoms with Crippen LogP contribution in [0.3, 0.4) is 0 Å². The van der Waals surface area contributed by atoms with E-state index in [1.54, 1.807) is 0 Å². The standard InChI is InChI=1S/C18H27N3O/c1-12-5-4-6-14(9-12)13(2)11-20-18(19-3)21-16-10-15-7-8-17(16)22-15/h4-6,9,13,15-17H,7-8,10-11H2,1-3H3,(H2,19,20,21). The molecule has 2 aliphatic rings. The third-order valence-electron chi connectivity index (χ3n) is 4.84. The van der Waals surface area contributed by atoms with Crippen LogP contribution in [0.2, 0.25) is 0 Å². The fourth-order valence-electron chi connectivity index (χ4n) is 3.50. The first-order valence-corrected chi connectivity index (χ1v) is 8.35. The van der Waals surface area contributed by atoms with Gasteiger partial charge in [0.05, 0.1) is 18.2 Å². The first kappa shape index (κ1) is 15.3. The quantitative estimate of drug-likeness (QED) is 0.664. The molecule has 0 amide bonds. The second-order valence-corrected chi connectivity index (χ2v) is 6.63. The van der Waals surface area contributed by atoms with Gasteiger partial charge in [0.2, 0.25) is 0 Å². The van der Waals surface area contributed by atoms with Gasteiger partial charge in [-0.1, -0.05) is 36.8 Å². The van der Waals surface area contributed by atoms with E-state index in [1.807, 2.05) is 7.05 Å². The van der Waals surface area contributed by atoms with Crippen LogP contribution < -0.4 is 10.6 Å². The van der Waals surface area contributed by atoms with Crippen LogP contribution in [-0.4, -0.2) is 37.8 Å². The molecule has 0 aromatic heterocycles. The molecule has 22 heavy (non-hydrogen) atoms. The molecule has 0 radical (unpaired) electrons. The molecular weight excluding hydrogens is 274 g/mol. The summed E-state index contributed by atoms with van der Waals surface area (Å²) in [5.74, 6) is 1.34. The van der Waals surface area contributed by atoms with Gasteiger partial charge in [-0.15, -0.1) is 0 Å². The molecule has 2 aliphatic heterocycles. The van der Waals surface area contributed by atoms with Crippen LogP contribution in [0.5, 0.6) is 0 Å². The van der Waals surface area contributed by atoms with Crippen LogP contribution in [0.1, 0.15) is 43.2 Å². The van der Waals surface area contributed by atoms with Crippen LogP contribution in [0.15, 0.2) is 29.3 Å². The molecule has 2 saturated heterocycles. The highest BCUT2D eigenvalue weighted by Gasteiger charge is 2.41. The molecule has 0 spiro atoms. The molecule has 0 aliphatic carbocycles. The first-order valence-electron chi connectivity index (χ1n) is 8.35. The van der Waals surface area contributed by atoms with Gasteiger partial charge in [0.25, 0.3) is 0 Å². The first-order chi connectivity index (χ1) is 10.7. The van der Waals surface area contributed by atoms with Crippen LogP contribution in [0, 0.1) is 6.92 Å². The number of nitrogens with zero attached hydrogens (tertiary/aromatic N) is 1. The fourth-order valence-corrected chi connectivity index (χ4v) is 3.50. The van der Waals surface area contributed by atoms with E-state index < -0.39 is 0 Å². The number of ether oxygens (including phenoxy) is 1. The number of nitrogens with one attached hydrogen (secondary N) is 2. The normalized spacial score (nSPS) is 28.7. The highest BCUT2D eigenvalue weighted by molar-refractivity contribution is 5.80. The lowest BCUT2D eigenvalue weighted by atomic mass is 9.95. The average molecular weight is 301 g/mol. The van der Waals surface area contributed by atoms with Gasteiger partial charge in [0.1, 0.15) is 0 Å². The third kappa shape index (κ3) is 3.43. The maximum Gasteiger partial charge on any atom is 0.191 e. The van der Waals surface area contributed by atoms with E-state index in [1.165, 1.54) is 24.0 Å². The molecule has 3 rings (SSSR count). The number of rotatable bonds is 4. The Bertz CT molecular complexity index is 543. The lowest BCUT2D eigenvalue weighted by Gasteiger charge is -2.23. The number of hydrogen-bond acceptors (Lipinski definition) is 2. The van der Waals surface area contributed by atoms with E-state index in [2.05, 4.69) is 53.7 Å². The minimum Gasteiger partial charge on any atom is -0.373 e. The SMILES string of the molecule is CN=C(NCC(C)c1cccc(C)c1)NC1CC2CCC1O2. The lowest BCUT2D eigenvalue weighted by Crippen LogP contribution is -2.48. The van der Waals surface area contributed by atoms with Crippen molar-refractivity contribution in [2.45, 2.75) is 57.3 Å². The molecule has 4 unspecified atom stereocenters. The summed E-state index contributed by atoms with van der Waals surface area (Å²) < 4.78 is 5.89. The Kier molecular flexibility index (Phi) is 4.67. The Morgan fingerprint density at radius 1 is 1.41 bits per heavy atom. The number of aryl methyl sites for hydroxylation is 1. The maximum atomic E-state index is 5.89. The van der Waals surface area contributed by atoms with Gasteiger partial charge in [-0.05, 0) is 37.7 Å². The van der Waals surface area contributed by atoms with Gasteiger partial charge in [-0.25, -0.2) is 0 Å². The van der Waals surface area contributed by atoms with E-state index in [0.717, 1.165) is 18.9 Å². The predicted octanol–water partition coefficient (Wildman–Crippen LogP) is 2.58. The summed E-state index contributed by atoms with van der Waals surface area (Å²) in [7, 11) is 1.83. The highest BCUT2D eigenvalue weighted by atomic mass is 16.5. The maximum absolute atomic E-state index is 5.89. The van der Waals surface area contributed by atoms with E-state index in [9.17, 15) is 0 Å². The molecule has 2 N–H and O–H groups in total. The molecule has 1 aromatic carbocycles. The minimum absolute atomic E-state index is 0.373. The van der Waals surface area contributed by atoms with Crippen molar-refractivity contribution in [2.75, 3.05) is 13.6 Å². The zero-order valence-electron chi connectivity index (χ0n) is 13.8. The van der Waals surface area contributed by atoms with Crippen molar-refractivity contribution in [1.29, 1.82) is 0 Å². The predicted molar refractivity (Wildman–Crippen MR) is 90.4 cm³/mol. The molecule has 4 heteroatoms. The van der Waals surface area contributed by atoms with Crippen molar-refractivity contribution in [1.82, 2.24) is 10.6 Å². The van der Waals surface area contributed by atoms with Crippen molar-refractivity contribution in [3.05, 3.63) is 35.4 Å². The summed E-state index contributed by atoms with van der Waals surface area (Å²) in [5.41, 5.74) is 2.68. The van der Waals surface area contributed by atoms with Gasteiger partial charge >= 0.3 is 0 Å². The van der Waals surface area contributed by atoms with Crippen LogP contribution >= 0.6 is 0 Å². The van der Waals surface area contributed by atoms with E-state index in [0.29, 0.717) is 24.2 Å². The molecule has 1 aromatic rings. The number of aliphatic imine (C=N–C) groups is 1. The number of hydrogen-bond donors (Lipinski definition) is 2. The van der Waals surface area contributed by atoms with Crippen molar-refractivity contribution < 1.29 is 4.74 Å². The van der Waals surface area contributed by atoms with Gasteiger partial charge in [-0.2, -0.15) is 0 Å². The molecule has 2 bridgehead atoms.